The zero-order chi connectivity index (χ0) is 15.2. The molecule has 0 aliphatic carbocycles. The summed E-state index contributed by atoms with van der Waals surface area (Å²) in [5.74, 6) is -0.939. The molecular formula is C13H15F3O4. The summed E-state index contributed by atoms with van der Waals surface area (Å²) >= 11 is 0. The van der Waals surface area contributed by atoms with E-state index in [2.05, 4.69) is 4.74 Å². The van der Waals surface area contributed by atoms with Gasteiger partial charge in [-0.25, -0.2) is 4.79 Å². The number of ether oxygens (including phenoxy) is 2. The highest BCUT2D eigenvalue weighted by Gasteiger charge is 2.36. The number of rotatable bonds is 7. The highest BCUT2D eigenvalue weighted by Crippen LogP contribution is 2.22. The van der Waals surface area contributed by atoms with Crippen molar-refractivity contribution in [2.24, 2.45) is 0 Å². The normalized spacial score (nSPS) is 13.0. The van der Waals surface area contributed by atoms with E-state index in [1.807, 2.05) is 0 Å². The van der Waals surface area contributed by atoms with Crippen LogP contribution >= 0.6 is 0 Å². The summed E-state index contributed by atoms with van der Waals surface area (Å²) in [6.45, 7) is 0.894. The minimum Gasteiger partial charge on any atom is -0.493 e. The summed E-state index contributed by atoms with van der Waals surface area (Å²) in [6.07, 6.45) is -5.97. The molecule has 1 rings (SSSR count). The van der Waals surface area contributed by atoms with Crippen LogP contribution in [0.3, 0.4) is 0 Å². The second-order valence-corrected chi connectivity index (χ2v) is 4.06. The van der Waals surface area contributed by atoms with Gasteiger partial charge in [0.15, 0.2) is 6.10 Å². The van der Waals surface area contributed by atoms with Crippen LogP contribution in [0.15, 0.2) is 24.3 Å². The number of benzene rings is 1. The predicted molar refractivity (Wildman–Crippen MR) is 65.0 cm³/mol. The molecule has 0 saturated carbocycles. The molecule has 0 aliphatic heterocycles. The van der Waals surface area contributed by atoms with Crippen LogP contribution in [-0.2, 0) is 4.74 Å². The first kappa shape index (κ1) is 16.3. The fraction of sp³-hybridized carbons (Fsp3) is 0.462. The Morgan fingerprint density at radius 2 is 1.95 bits per heavy atom. The Kier molecular flexibility index (Phi) is 5.82. The third-order valence-corrected chi connectivity index (χ3v) is 2.49. The lowest BCUT2D eigenvalue weighted by Gasteiger charge is -2.16. The molecule has 0 amide bonds. The Morgan fingerprint density at radius 1 is 1.30 bits per heavy atom. The van der Waals surface area contributed by atoms with Gasteiger partial charge in [-0.3, -0.25) is 0 Å². The van der Waals surface area contributed by atoms with Gasteiger partial charge in [-0.1, -0.05) is 12.1 Å². The Balaban J connectivity index is 2.34. The average molecular weight is 292 g/mol. The molecule has 1 aromatic rings. The van der Waals surface area contributed by atoms with E-state index in [-0.39, 0.29) is 30.9 Å². The van der Waals surface area contributed by atoms with Crippen molar-refractivity contribution in [1.29, 1.82) is 0 Å². The second kappa shape index (κ2) is 7.14. The molecule has 1 N–H and O–H groups in total. The first-order valence-corrected chi connectivity index (χ1v) is 5.96. The van der Waals surface area contributed by atoms with Gasteiger partial charge in [0.1, 0.15) is 11.3 Å². The zero-order valence-corrected chi connectivity index (χ0v) is 10.8. The average Bonchev–Trinajstić information content (AvgIpc) is 2.37. The molecule has 0 fully saturated rings. The molecule has 0 spiro atoms. The van der Waals surface area contributed by atoms with E-state index >= 15 is 0 Å². The number of halogens is 3. The summed E-state index contributed by atoms with van der Waals surface area (Å²) in [4.78, 5) is 10.9. The van der Waals surface area contributed by atoms with Crippen LogP contribution in [0.25, 0.3) is 0 Å². The first-order chi connectivity index (χ1) is 9.32. The van der Waals surface area contributed by atoms with Gasteiger partial charge < -0.3 is 14.6 Å². The minimum atomic E-state index is -4.38. The fourth-order valence-electron chi connectivity index (χ4n) is 1.36. The van der Waals surface area contributed by atoms with Gasteiger partial charge in [0.05, 0.1) is 13.2 Å². The van der Waals surface area contributed by atoms with Gasteiger partial charge in [-0.15, -0.1) is 0 Å². The summed E-state index contributed by atoms with van der Waals surface area (Å²) in [5, 5.41) is 8.90. The van der Waals surface area contributed by atoms with Crippen LogP contribution in [0.4, 0.5) is 13.2 Å². The molecule has 20 heavy (non-hydrogen) atoms. The number of carboxylic acid groups (broad SMARTS) is 1. The van der Waals surface area contributed by atoms with Crippen LogP contribution in [0.5, 0.6) is 5.75 Å². The number of hydrogen-bond acceptors (Lipinski definition) is 3. The standard InChI is InChI=1S/C13H15F3O4/c1-9(13(14,15)16)19-7-4-8-20-11-6-3-2-5-10(11)12(17)18/h2-3,5-6,9H,4,7-8H2,1H3,(H,17,18). The molecule has 0 bridgehead atoms. The molecule has 112 valence electrons. The summed E-state index contributed by atoms with van der Waals surface area (Å²) < 4.78 is 46.3. The van der Waals surface area contributed by atoms with E-state index in [0.717, 1.165) is 6.92 Å². The third kappa shape index (κ3) is 5.08. The van der Waals surface area contributed by atoms with E-state index in [1.54, 1.807) is 12.1 Å². The van der Waals surface area contributed by atoms with Crippen molar-refractivity contribution in [3.05, 3.63) is 29.8 Å². The maximum absolute atomic E-state index is 12.1. The topological polar surface area (TPSA) is 55.8 Å². The second-order valence-electron chi connectivity index (χ2n) is 4.06. The highest BCUT2D eigenvalue weighted by molar-refractivity contribution is 5.90. The van der Waals surface area contributed by atoms with E-state index < -0.39 is 18.2 Å². The lowest BCUT2D eigenvalue weighted by atomic mass is 10.2. The van der Waals surface area contributed by atoms with Gasteiger partial charge in [0.25, 0.3) is 0 Å². The molecule has 7 heteroatoms. The molecule has 1 atom stereocenters. The molecule has 0 radical (unpaired) electrons. The molecule has 1 unspecified atom stereocenters. The number of aromatic carboxylic acids is 1. The van der Waals surface area contributed by atoms with Crippen LogP contribution < -0.4 is 4.74 Å². The molecule has 0 heterocycles. The summed E-state index contributed by atoms with van der Waals surface area (Å²) in [5.41, 5.74) is 0.0112. The van der Waals surface area contributed by atoms with E-state index in [4.69, 9.17) is 9.84 Å². The van der Waals surface area contributed by atoms with Crippen molar-refractivity contribution in [3.63, 3.8) is 0 Å². The van der Waals surface area contributed by atoms with Gasteiger partial charge in [0.2, 0.25) is 0 Å². The van der Waals surface area contributed by atoms with Crippen LogP contribution in [0, 0.1) is 0 Å². The third-order valence-electron chi connectivity index (χ3n) is 2.49. The van der Waals surface area contributed by atoms with Crippen molar-refractivity contribution in [2.45, 2.75) is 25.6 Å². The minimum absolute atomic E-state index is 0.0112. The molecule has 0 saturated heterocycles. The summed E-state index contributed by atoms with van der Waals surface area (Å²) in [7, 11) is 0. The monoisotopic (exact) mass is 292 g/mol. The first-order valence-electron chi connectivity index (χ1n) is 5.96. The van der Waals surface area contributed by atoms with Crippen LogP contribution in [-0.4, -0.2) is 36.6 Å². The summed E-state index contributed by atoms with van der Waals surface area (Å²) in [6, 6.07) is 6.05. The SMILES string of the molecule is CC(OCCCOc1ccccc1C(=O)O)C(F)(F)F. The zero-order valence-electron chi connectivity index (χ0n) is 10.8. The van der Waals surface area contributed by atoms with Crippen LogP contribution in [0.2, 0.25) is 0 Å². The highest BCUT2D eigenvalue weighted by atomic mass is 19.4. The molecule has 1 aromatic carbocycles. The lowest BCUT2D eigenvalue weighted by Crippen LogP contribution is -2.29. The maximum Gasteiger partial charge on any atom is 0.414 e. The molecule has 4 nitrogen and oxygen atoms in total. The smallest absolute Gasteiger partial charge is 0.414 e. The number of hydrogen-bond donors (Lipinski definition) is 1. The largest absolute Gasteiger partial charge is 0.493 e. The van der Waals surface area contributed by atoms with E-state index in [0.29, 0.717) is 0 Å². The maximum atomic E-state index is 12.1. The molecule has 0 aliphatic rings. The Bertz CT molecular complexity index is 445. The van der Waals surface area contributed by atoms with Crippen molar-refractivity contribution in [3.8, 4) is 5.75 Å². The fourth-order valence-corrected chi connectivity index (χ4v) is 1.36. The Morgan fingerprint density at radius 3 is 2.55 bits per heavy atom. The van der Waals surface area contributed by atoms with E-state index in [9.17, 15) is 18.0 Å². The van der Waals surface area contributed by atoms with Gasteiger partial charge >= 0.3 is 12.1 Å². The van der Waals surface area contributed by atoms with Crippen LogP contribution in [0.1, 0.15) is 23.7 Å². The number of carboxylic acids is 1. The van der Waals surface area contributed by atoms with Crippen molar-refractivity contribution in [1.82, 2.24) is 0 Å². The Hall–Kier alpha value is -1.76. The number of para-hydroxylation sites is 1. The molecular weight excluding hydrogens is 277 g/mol. The van der Waals surface area contributed by atoms with Crippen molar-refractivity contribution >= 4 is 5.97 Å². The van der Waals surface area contributed by atoms with Gasteiger partial charge in [-0.05, 0) is 19.1 Å². The Labute approximate surface area is 114 Å². The number of carbonyl (C=O) groups is 1. The quantitative estimate of drug-likeness (QED) is 0.784. The lowest BCUT2D eigenvalue weighted by molar-refractivity contribution is -0.214. The van der Waals surface area contributed by atoms with Crippen molar-refractivity contribution < 1.29 is 32.5 Å². The van der Waals surface area contributed by atoms with Crippen molar-refractivity contribution in [2.75, 3.05) is 13.2 Å². The van der Waals surface area contributed by atoms with Gasteiger partial charge in [0, 0.05) is 6.42 Å². The van der Waals surface area contributed by atoms with Gasteiger partial charge in [-0.2, -0.15) is 13.2 Å². The molecule has 0 aromatic heterocycles. The predicted octanol–water partition coefficient (Wildman–Crippen LogP) is 3.12. The number of alkyl halides is 3. The van der Waals surface area contributed by atoms with E-state index in [1.165, 1.54) is 12.1 Å².